The number of nitrogens with one attached hydrogen (secondary N) is 2. The highest BCUT2D eigenvalue weighted by atomic mass is 16.5. The lowest BCUT2D eigenvalue weighted by atomic mass is 10.0. The van der Waals surface area contributed by atoms with Crippen LogP contribution in [-0.2, 0) is 9.59 Å². The normalized spacial score (nSPS) is 14.6. The molecule has 7 nitrogen and oxygen atoms in total. The topological polar surface area (TPSA) is 105 Å². The average molecular weight is 362 g/mol. The molecule has 2 amide bonds. The number of carbonyl (C=O) groups is 3. The highest BCUT2D eigenvalue weighted by Gasteiger charge is 2.22. The first-order valence-corrected chi connectivity index (χ1v) is 8.88. The predicted molar refractivity (Wildman–Crippen MR) is 96.0 cm³/mol. The van der Waals surface area contributed by atoms with Crippen LogP contribution in [0.3, 0.4) is 0 Å². The minimum Gasteiger partial charge on any atom is -0.493 e. The maximum atomic E-state index is 12.1. The van der Waals surface area contributed by atoms with E-state index in [9.17, 15) is 14.4 Å². The maximum absolute atomic E-state index is 12.1. The van der Waals surface area contributed by atoms with E-state index in [1.54, 1.807) is 24.3 Å². The first-order valence-electron chi connectivity index (χ1n) is 8.88. The average Bonchev–Trinajstić information content (AvgIpc) is 3.41. The van der Waals surface area contributed by atoms with Crippen LogP contribution < -0.4 is 15.4 Å². The lowest BCUT2D eigenvalue weighted by molar-refractivity contribution is -0.142. The number of hydrogen-bond acceptors (Lipinski definition) is 4. The molecular weight excluding hydrogens is 336 g/mol. The predicted octanol–water partition coefficient (Wildman–Crippen LogP) is 1.82. The van der Waals surface area contributed by atoms with Crippen molar-refractivity contribution in [3.05, 3.63) is 29.8 Å². The molecule has 0 heterocycles. The van der Waals surface area contributed by atoms with Gasteiger partial charge in [-0.3, -0.25) is 9.59 Å². The zero-order valence-electron chi connectivity index (χ0n) is 15.2. The summed E-state index contributed by atoms with van der Waals surface area (Å²) in [5.41, 5.74) is 0.411. The monoisotopic (exact) mass is 362 g/mol. The molecule has 1 aromatic carbocycles. The standard InChI is InChI=1S/C19H26N2O5/c1-12(2)9-16(19(24)25)21-17(22)10-20-18(23)14-5-7-15(8-6-14)26-11-13-3-4-13/h5-8,12-13,16H,3-4,9-11H2,1-2H3,(H,20,23)(H,21,22)(H,24,25)/t16-/m0/s1. The highest BCUT2D eigenvalue weighted by molar-refractivity contribution is 5.96. The largest absolute Gasteiger partial charge is 0.493 e. The first-order chi connectivity index (χ1) is 12.3. The summed E-state index contributed by atoms with van der Waals surface area (Å²) in [6.07, 6.45) is 2.75. The van der Waals surface area contributed by atoms with Gasteiger partial charge < -0.3 is 20.5 Å². The lowest BCUT2D eigenvalue weighted by Crippen LogP contribution is -2.46. The van der Waals surface area contributed by atoms with Gasteiger partial charge in [-0.2, -0.15) is 0 Å². The van der Waals surface area contributed by atoms with Crippen molar-refractivity contribution >= 4 is 17.8 Å². The van der Waals surface area contributed by atoms with Crippen molar-refractivity contribution < 1.29 is 24.2 Å². The van der Waals surface area contributed by atoms with Crippen molar-refractivity contribution in [1.29, 1.82) is 0 Å². The molecule has 3 N–H and O–H groups in total. The Morgan fingerprint density at radius 2 is 1.85 bits per heavy atom. The van der Waals surface area contributed by atoms with Crippen LogP contribution >= 0.6 is 0 Å². The molecular formula is C19H26N2O5. The number of carbonyl (C=O) groups excluding carboxylic acids is 2. The van der Waals surface area contributed by atoms with Gasteiger partial charge in [0.1, 0.15) is 11.8 Å². The molecule has 1 aliphatic carbocycles. The lowest BCUT2D eigenvalue weighted by Gasteiger charge is -2.16. The van der Waals surface area contributed by atoms with Gasteiger partial charge in [0.15, 0.2) is 0 Å². The molecule has 26 heavy (non-hydrogen) atoms. The first kappa shape index (κ1) is 19.8. The number of benzene rings is 1. The highest BCUT2D eigenvalue weighted by Crippen LogP contribution is 2.29. The Morgan fingerprint density at radius 3 is 2.38 bits per heavy atom. The third kappa shape index (κ3) is 6.74. The van der Waals surface area contributed by atoms with Gasteiger partial charge in [-0.25, -0.2) is 4.79 Å². The van der Waals surface area contributed by atoms with E-state index in [1.807, 2.05) is 13.8 Å². The Bertz CT molecular complexity index is 638. The van der Waals surface area contributed by atoms with E-state index in [1.165, 1.54) is 12.8 Å². The number of hydrogen-bond donors (Lipinski definition) is 3. The SMILES string of the molecule is CC(C)C[C@H](NC(=O)CNC(=O)c1ccc(OCC2CC2)cc1)C(=O)O. The summed E-state index contributed by atoms with van der Waals surface area (Å²) < 4.78 is 5.61. The molecule has 1 atom stereocenters. The fourth-order valence-corrected chi connectivity index (χ4v) is 2.40. The number of ether oxygens (including phenoxy) is 1. The number of aliphatic carboxylic acids is 1. The number of carboxylic acids is 1. The minimum absolute atomic E-state index is 0.131. The van der Waals surface area contributed by atoms with Crippen LogP contribution in [-0.4, -0.2) is 42.1 Å². The maximum Gasteiger partial charge on any atom is 0.326 e. The molecule has 1 aromatic rings. The summed E-state index contributed by atoms with van der Waals surface area (Å²) in [6, 6.07) is 5.76. The van der Waals surface area contributed by atoms with Crippen LogP contribution in [0.15, 0.2) is 24.3 Å². The molecule has 0 saturated heterocycles. The third-order valence-corrected chi connectivity index (χ3v) is 4.05. The second-order valence-corrected chi connectivity index (χ2v) is 7.05. The van der Waals surface area contributed by atoms with Crippen molar-refractivity contribution in [2.24, 2.45) is 11.8 Å². The minimum atomic E-state index is -1.08. The summed E-state index contributed by atoms with van der Waals surface area (Å²) in [5, 5.41) is 14.0. The Kier molecular flexibility index (Phi) is 7.00. The smallest absolute Gasteiger partial charge is 0.326 e. The van der Waals surface area contributed by atoms with Gasteiger partial charge in [-0.15, -0.1) is 0 Å². The number of carboxylic acid groups (broad SMARTS) is 1. The van der Waals surface area contributed by atoms with E-state index >= 15 is 0 Å². The van der Waals surface area contributed by atoms with Crippen LogP contribution in [0, 0.1) is 11.8 Å². The fourth-order valence-electron chi connectivity index (χ4n) is 2.40. The number of rotatable bonds is 10. The quantitative estimate of drug-likeness (QED) is 0.589. The molecule has 1 saturated carbocycles. The van der Waals surface area contributed by atoms with Crippen molar-refractivity contribution in [1.82, 2.24) is 10.6 Å². The van der Waals surface area contributed by atoms with Gasteiger partial charge in [0, 0.05) is 5.56 Å². The zero-order chi connectivity index (χ0) is 19.1. The van der Waals surface area contributed by atoms with Crippen LogP contribution in [0.4, 0.5) is 0 Å². The second-order valence-electron chi connectivity index (χ2n) is 7.05. The van der Waals surface area contributed by atoms with Gasteiger partial charge in [0.2, 0.25) is 5.91 Å². The van der Waals surface area contributed by atoms with E-state index < -0.39 is 23.8 Å². The summed E-state index contributed by atoms with van der Waals surface area (Å²) in [7, 11) is 0. The van der Waals surface area contributed by atoms with E-state index in [0.29, 0.717) is 30.3 Å². The molecule has 0 radical (unpaired) electrons. The van der Waals surface area contributed by atoms with Crippen molar-refractivity contribution in [2.75, 3.05) is 13.2 Å². The summed E-state index contributed by atoms with van der Waals surface area (Å²) in [6.45, 7) is 4.18. The van der Waals surface area contributed by atoms with Crippen molar-refractivity contribution in [3.8, 4) is 5.75 Å². The van der Waals surface area contributed by atoms with Crippen LogP contribution in [0.25, 0.3) is 0 Å². The van der Waals surface area contributed by atoms with E-state index in [0.717, 1.165) is 0 Å². The molecule has 1 aliphatic rings. The van der Waals surface area contributed by atoms with E-state index in [2.05, 4.69) is 10.6 Å². The Labute approximate surface area is 153 Å². The van der Waals surface area contributed by atoms with E-state index in [-0.39, 0.29) is 12.5 Å². The fraction of sp³-hybridized carbons (Fsp3) is 0.526. The molecule has 0 spiro atoms. The molecule has 142 valence electrons. The Balaban J connectivity index is 1.77. The molecule has 0 aliphatic heterocycles. The summed E-state index contributed by atoms with van der Waals surface area (Å²) >= 11 is 0. The van der Waals surface area contributed by atoms with Gasteiger partial charge in [-0.05, 0) is 55.4 Å². The molecule has 0 aromatic heterocycles. The third-order valence-electron chi connectivity index (χ3n) is 4.05. The second kappa shape index (κ2) is 9.22. The van der Waals surface area contributed by atoms with E-state index in [4.69, 9.17) is 9.84 Å². The van der Waals surface area contributed by atoms with Crippen LogP contribution in [0.1, 0.15) is 43.5 Å². The van der Waals surface area contributed by atoms with Crippen molar-refractivity contribution in [3.63, 3.8) is 0 Å². The van der Waals surface area contributed by atoms with Crippen LogP contribution in [0.2, 0.25) is 0 Å². The summed E-state index contributed by atoms with van der Waals surface area (Å²) in [5.74, 6) is -0.516. The van der Waals surface area contributed by atoms with Crippen molar-refractivity contribution in [2.45, 2.75) is 39.2 Å². The van der Waals surface area contributed by atoms with Gasteiger partial charge in [0.05, 0.1) is 13.2 Å². The summed E-state index contributed by atoms with van der Waals surface area (Å²) in [4.78, 5) is 35.1. The molecule has 0 bridgehead atoms. The zero-order valence-corrected chi connectivity index (χ0v) is 15.2. The molecule has 2 rings (SSSR count). The molecule has 1 fully saturated rings. The Hall–Kier alpha value is -2.57. The van der Waals surface area contributed by atoms with Gasteiger partial charge in [0.25, 0.3) is 5.91 Å². The van der Waals surface area contributed by atoms with Gasteiger partial charge >= 0.3 is 5.97 Å². The van der Waals surface area contributed by atoms with Crippen LogP contribution in [0.5, 0.6) is 5.75 Å². The Morgan fingerprint density at radius 1 is 1.19 bits per heavy atom. The molecule has 0 unspecified atom stereocenters. The number of amides is 2. The molecule has 7 heteroatoms. The van der Waals surface area contributed by atoms with Gasteiger partial charge in [-0.1, -0.05) is 13.8 Å².